The highest BCUT2D eigenvalue weighted by molar-refractivity contribution is 7.86. The molecule has 4 aliphatic rings. The molecule has 77 heavy (non-hydrogen) atoms. The lowest BCUT2D eigenvalue weighted by molar-refractivity contribution is -0.438. The Labute approximate surface area is 453 Å². The van der Waals surface area contributed by atoms with Crippen molar-refractivity contribution < 1.29 is 54.1 Å². The third kappa shape index (κ3) is 12.4. The number of imide groups is 1. The molecule has 4 aromatic carbocycles. The Morgan fingerprint density at radius 1 is 0.805 bits per heavy atom. The van der Waals surface area contributed by atoms with Crippen molar-refractivity contribution in [1.29, 1.82) is 0 Å². The van der Waals surface area contributed by atoms with Gasteiger partial charge in [0.05, 0.1) is 16.1 Å². The highest BCUT2D eigenvalue weighted by Crippen LogP contribution is 2.52. The van der Waals surface area contributed by atoms with Gasteiger partial charge in [-0.25, -0.2) is 9.18 Å². The summed E-state index contributed by atoms with van der Waals surface area (Å²) in [6.45, 7) is 15.6. The van der Waals surface area contributed by atoms with Crippen LogP contribution in [-0.2, 0) is 50.3 Å². The largest absolute Gasteiger partial charge is 0.371 e. The molecule has 14 nitrogen and oxygen atoms in total. The fraction of sp³-hybridized carbons (Fsp3) is 0.433. The van der Waals surface area contributed by atoms with Gasteiger partial charge >= 0.3 is 5.97 Å². The van der Waals surface area contributed by atoms with Gasteiger partial charge in [-0.2, -0.15) is 21.4 Å². The molecule has 2 N–H and O–H groups in total. The van der Waals surface area contributed by atoms with Crippen molar-refractivity contribution in [3.63, 3.8) is 0 Å². The van der Waals surface area contributed by atoms with Crippen LogP contribution >= 0.6 is 0 Å². The van der Waals surface area contributed by atoms with Gasteiger partial charge in [0.15, 0.2) is 5.71 Å². The van der Waals surface area contributed by atoms with Gasteiger partial charge in [0.1, 0.15) is 12.4 Å². The summed E-state index contributed by atoms with van der Waals surface area (Å²) in [7, 11) is -8.54. The summed E-state index contributed by atoms with van der Waals surface area (Å²) in [6.07, 6.45) is 15.8. The third-order valence-corrected chi connectivity index (χ3v) is 17.1. The number of amides is 2. The molecule has 8 rings (SSSR count). The average molecular weight is 1090 g/mol. The van der Waals surface area contributed by atoms with Crippen LogP contribution in [0.1, 0.15) is 142 Å². The number of hydroxylamine groups is 2. The Hall–Kier alpha value is -6.27. The van der Waals surface area contributed by atoms with Crippen LogP contribution in [0.25, 0.3) is 16.3 Å². The number of nitrogens with zero attached hydrogens (tertiary/aromatic N) is 4. The number of carbonyl (C=O) groups is 3. The average Bonchev–Trinajstić information content (AvgIpc) is 4.00. The van der Waals surface area contributed by atoms with Crippen molar-refractivity contribution in [2.24, 2.45) is 0 Å². The Morgan fingerprint density at radius 3 is 2.26 bits per heavy atom. The van der Waals surface area contributed by atoms with Crippen molar-refractivity contribution >= 4 is 77.1 Å². The van der Waals surface area contributed by atoms with Crippen molar-refractivity contribution in [3.05, 3.63) is 136 Å². The Balaban J connectivity index is 1.16. The molecule has 0 bridgehead atoms. The topological polar surface area (TPSA) is 182 Å². The molecule has 0 aromatic heterocycles. The van der Waals surface area contributed by atoms with E-state index < -0.39 is 48.8 Å². The van der Waals surface area contributed by atoms with Gasteiger partial charge in [-0.05, 0) is 134 Å². The smallest absolute Gasteiger partial charge is 0.333 e. The van der Waals surface area contributed by atoms with Crippen LogP contribution in [0, 0.1) is 5.82 Å². The van der Waals surface area contributed by atoms with Crippen LogP contribution in [0.4, 0.5) is 21.5 Å². The number of hydrogen-bond donors (Lipinski definition) is 2. The molecular weight excluding hydrogens is 1020 g/mol. The zero-order valence-corrected chi connectivity index (χ0v) is 46.7. The Kier molecular flexibility index (Phi) is 17.3. The van der Waals surface area contributed by atoms with E-state index in [2.05, 4.69) is 98.4 Å². The van der Waals surface area contributed by atoms with Gasteiger partial charge in [-0.3, -0.25) is 18.7 Å². The quantitative estimate of drug-likeness (QED) is 0.0329. The molecule has 0 radical (unpaired) electrons. The van der Waals surface area contributed by atoms with E-state index in [0.717, 1.165) is 107 Å². The third-order valence-electron chi connectivity index (χ3n) is 15.4. The molecule has 3 heterocycles. The maximum absolute atomic E-state index is 16.3. The number of allylic oxidation sites excluding steroid dienone is 8. The van der Waals surface area contributed by atoms with E-state index in [0.29, 0.717) is 61.2 Å². The fourth-order valence-corrected chi connectivity index (χ4v) is 12.6. The van der Waals surface area contributed by atoms with Crippen LogP contribution in [0.3, 0.4) is 0 Å². The highest BCUT2D eigenvalue weighted by atomic mass is 32.2. The molecule has 1 fully saturated rings. The molecular formula is C60H72FN4O10S2+. The summed E-state index contributed by atoms with van der Waals surface area (Å²) in [5.41, 5.74) is 9.56. The molecule has 0 atom stereocenters. The lowest BCUT2D eigenvalue weighted by Gasteiger charge is -2.28. The minimum atomic E-state index is -4.46. The summed E-state index contributed by atoms with van der Waals surface area (Å²) in [5, 5.41) is 2.05. The van der Waals surface area contributed by atoms with E-state index >= 15 is 4.39 Å². The molecule has 0 spiro atoms. The number of unbranched alkanes of at least 4 members (excludes halogenated alkanes) is 3. The summed E-state index contributed by atoms with van der Waals surface area (Å²) in [5.74, 6) is -2.32. The predicted octanol–water partition coefficient (Wildman–Crippen LogP) is 11.9. The van der Waals surface area contributed by atoms with Gasteiger partial charge in [-0.15, -0.1) is 5.06 Å². The fourth-order valence-electron chi connectivity index (χ4n) is 11.6. The second-order valence-corrected chi connectivity index (χ2v) is 24.6. The van der Waals surface area contributed by atoms with E-state index in [4.69, 9.17) is 4.84 Å². The summed E-state index contributed by atoms with van der Waals surface area (Å²) in [4.78, 5) is 46.1. The first-order valence-electron chi connectivity index (χ1n) is 27.0. The number of halogens is 1. The lowest BCUT2D eigenvalue weighted by atomic mass is 9.79. The lowest BCUT2D eigenvalue weighted by Crippen LogP contribution is -2.32. The second kappa shape index (κ2) is 23.4. The van der Waals surface area contributed by atoms with Gasteiger partial charge in [-0.1, -0.05) is 83.0 Å². The maximum atomic E-state index is 16.3. The van der Waals surface area contributed by atoms with E-state index in [1.807, 2.05) is 24.3 Å². The summed E-state index contributed by atoms with van der Waals surface area (Å²) >= 11 is 0. The van der Waals surface area contributed by atoms with Crippen LogP contribution in [0.15, 0.2) is 119 Å². The number of hydrogen-bond acceptors (Lipinski definition) is 10. The van der Waals surface area contributed by atoms with E-state index in [9.17, 15) is 40.3 Å². The first-order chi connectivity index (χ1) is 36.5. The number of carbonyl (C=O) groups excluding carboxylic acids is 3. The molecule has 1 saturated heterocycles. The predicted molar refractivity (Wildman–Crippen MR) is 300 cm³/mol. The maximum Gasteiger partial charge on any atom is 0.333 e. The number of anilines is 2. The zero-order chi connectivity index (χ0) is 55.5. The van der Waals surface area contributed by atoms with E-state index in [1.54, 1.807) is 12.1 Å². The highest BCUT2D eigenvalue weighted by Gasteiger charge is 2.45. The SMILES string of the molecule is CCCC[N+]1=C(/C=C/C2=C(c3ccccc3F)C(=C/C=C3/N(CCCCCC(=O)ON4C(=O)CCC4=O)c4ccc5cc(S(=O)(=O)O)ccc5c4C3(C)C)/CCC2)C(C)(C)c2cc(N(CCC)CCCS(=O)(=O)O)ccc21. The van der Waals surface area contributed by atoms with Gasteiger partial charge in [0.25, 0.3) is 32.1 Å². The molecule has 410 valence electrons. The second-order valence-electron chi connectivity index (χ2n) is 21.6. The monoisotopic (exact) mass is 1090 g/mol. The van der Waals surface area contributed by atoms with Crippen molar-refractivity contribution in [1.82, 2.24) is 5.06 Å². The van der Waals surface area contributed by atoms with Crippen LogP contribution in [0.2, 0.25) is 0 Å². The van der Waals surface area contributed by atoms with Gasteiger partial charge < -0.3 is 14.6 Å². The molecule has 0 unspecified atom stereocenters. The molecule has 2 amide bonds. The van der Waals surface area contributed by atoms with Crippen LogP contribution in [-0.4, -0.2) is 91.0 Å². The van der Waals surface area contributed by atoms with Crippen LogP contribution in [0.5, 0.6) is 0 Å². The molecule has 17 heteroatoms. The molecule has 1 aliphatic carbocycles. The number of rotatable bonds is 22. The molecule has 0 saturated carbocycles. The van der Waals surface area contributed by atoms with Crippen LogP contribution < -0.4 is 9.80 Å². The molecule has 3 aliphatic heterocycles. The Bertz CT molecular complexity index is 3360. The van der Waals surface area contributed by atoms with Crippen molar-refractivity contribution in [3.8, 4) is 0 Å². The number of benzene rings is 4. The standard InChI is InChI=1S/C60H71FN4O10S2/c1-7-9-36-63-50-29-25-44(62(34-8-2)35-16-38-76(69,70)71)40-48(50)59(3,4)52(63)30-23-41-17-15-18-42(57(41)47-19-12-13-20-49(47)61)24-31-53-60(5,6)58-46-27-26-45(77(72,73)74)39-43(46)22-28-51(58)64(53)37-14-10-11-21-56(68)75-65-54(66)32-33-55(65)67/h12-13,19-20,22-31,39-40H,7-11,14-18,21,32-38H2,1-6H3,(H-,69,70,71,72,73,74)/p+1. The first-order valence-corrected chi connectivity index (χ1v) is 30.1. The summed E-state index contributed by atoms with van der Waals surface area (Å²) < 4.78 is 85.8. The summed E-state index contributed by atoms with van der Waals surface area (Å²) in [6, 6.07) is 21.8. The van der Waals surface area contributed by atoms with Crippen molar-refractivity contribution in [2.75, 3.05) is 41.7 Å². The first kappa shape index (κ1) is 56.9. The minimum absolute atomic E-state index is 0.0183. The Morgan fingerprint density at radius 2 is 1.56 bits per heavy atom. The van der Waals surface area contributed by atoms with Crippen molar-refractivity contribution in [2.45, 2.75) is 141 Å². The number of fused-ring (bicyclic) bond motifs is 4. The zero-order valence-electron chi connectivity index (χ0n) is 45.1. The molecule has 4 aromatic rings. The van der Waals surface area contributed by atoms with Gasteiger partial charge in [0.2, 0.25) is 5.69 Å². The van der Waals surface area contributed by atoms with E-state index in [1.165, 1.54) is 18.2 Å². The minimum Gasteiger partial charge on any atom is -0.371 e. The van der Waals surface area contributed by atoms with Gasteiger partial charge in [0, 0.05) is 91.1 Å². The normalized spacial score (nSPS) is 18.5. The van der Waals surface area contributed by atoms with E-state index in [-0.39, 0.29) is 35.7 Å².